The van der Waals surface area contributed by atoms with Gasteiger partial charge in [0, 0.05) is 54.7 Å². The molecule has 0 fully saturated rings. The number of rotatable bonds is 14. The number of halogens is 1. The Morgan fingerprint density at radius 1 is 0.565 bits per heavy atom. The molecule has 0 spiro atoms. The number of hydrogen-bond donors (Lipinski definition) is 0. The van der Waals surface area contributed by atoms with Crippen molar-refractivity contribution in [1.82, 2.24) is 0 Å². The SMILES string of the molecule is CO[Si](CC[Si](C)(CCF)CC[Si](OC)(OC)OC)(OC)OC. The predicted molar refractivity (Wildman–Crippen MR) is 95.2 cm³/mol. The van der Waals surface area contributed by atoms with Crippen LogP contribution in [0.3, 0.4) is 0 Å². The van der Waals surface area contributed by atoms with Gasteiger partial charge in [-0.2, -0.15) is 0 Å². The molecule has 0 heterocycles. The van der Waals surface area contributed by atoms with Crippen LogP contribution in [0.5, 0.6) is 0 Å². The fourth-order valence-electron chi connectivity index (χ4n) is 2.63. The van der Waals surface area contributed by atoms with Gasteiger partial charge in [-0.05, 0) is 6.04 Å². The standard InChI is InChI=1S/C13H33FO6Si3/c1-15-22(16-2,17-3)12-10-21(7,9-8-14)11-13-23(18-4,19-5)20-6/h8-13H2,1-7H3. The van der Waals surface area contributed by atoms with Crippen LogP contribution < -0.4 is 0 Å². The number of alkyl halides is 1. The zero-order chi connectivity index (χ0) is 18.0. The van der Waals surface area contributed by atoms with E-state index in [0.29, 0.717) is 18.1 Å². The summed E-state index contributed by atoms with van der Waals surface area (Å²) < 4.78 is 45.9. The van der Waals surface area contributed by atoms with Gasteiger partial charge in [0.05, 0.1) is 14.7 Å². The molecule has 0 aliphatic rings. The van der Waals surface area contributed by atoms with Gasteiger partial charge in [-0.1, -0.05) is 18.6 Å². The third kappa shape index (κ3) is 7.00. The average molecular weight is 389 g/mol. The average Bonchev–Trinajstić information content (AvgIpc) is 2.59. The third-order valence-corrected chi connectivity index (χ3v) is 15.4. The molecule has 0 radical (unpaired) electrons. The molecule has 0 atom stereocenters. The molecule has 0 aromatic rings. The van der Waals surface area contributed by atoms with E-state index in [4.69, 9.17) is 26.6 Å². The van der Waals surface area contributed by atoms with Crippen LogP contribution in [0.2, 0.25) is 36.8 Å². The summed E-state index contributed by atoms with van der Waals surface area (Å²) in [6, 6.07) is 3.73. The van der Waals surface area contributed by atoms with Crippen molar-refractivity contribution in [3.63, 3.8) is 0 Å². The zero-order valence-electron chi connectivity index (χ0n) is 15.6. The first-order valence-electron chi connectivity index (χ1n) is 7.71. The first-order chi connectivity index (χ1) is 10.8. The van der Waals surface area contributed by atoms with Crippen molar-refractivity contribution >= 4 is 25.7 Å². The van der Waals surface area contributed by atoms with Crippen molar-refractivity contribution < 1.29 is 30.9 Å². The Morgan fingerprint density at radius 2 is 0.870 bits per heavy atom. The maximum absolute atomic E-state index is 13.1. The fraction of sp³-hybridized carbons (Fsp3) is 1.00. The summed E-state index contributed by atoms with van der Waals surface area (Å²) in [7, 11) is 2.51. The summed E-state index contributed by atoms with van der Waals surface area (Å²) in [5, 5.41) is 0. The summed E-state index contributed by atoms with van der Waals surface area (Å²) in [4.78, 5) is 0. The Morgan fingerprint density at radius 3 is 1.09 bits per heavy atom. The lowest BCUT2D eigenvalue weighted by Crippen LogP contribution is -2.47. The van der Waals surface area contributed by atoms with Gasteiger partial charge in [-0.25, -0.2) is 0 Å². The van der Waals surface area contributed by atoms with E-state index >= 15 is 0 Å². The van der Waals surface area contributed by atoms with Gasteiger partial charge in [0.2, 0.25) is 0 Å². The number of hydrogen-bond acceptors (Lipinski definition) is 6. The van der Waals surface area contributed by atoms with Crippen molar-refractivity contribution in [2.24, 2.45) is 0 Å². The molecule has 0 saturated heterocycles. The van der Waals surface area contributed by atoms with E-state index in [1.165, 1.54) is 0 Å². The zero-order valence-corrected chi connectivity index (χ0v) is 18.6. The van der Waals surface area contributed by atoms with Crippen LogP contribution in [0.25, 0.3) is 0 Å². The second-order valence-electron chi connectivity index (χ2n) is 5.84. The molecule has 140 valence electrons. The molecule has 0 rings (SSSR count). The second kappa shape index (κ2) is 11.1. The first kappa shape index (κ1) is 23.3. The van der Waals surface area contributed by atoms with Crippen LogP contribution in [0.1, 0.15) is 0 Å². The minimum Gasteiger partial charge on any atom is -0.377 e. The molecule has 0 unspecified atom stereocenters. The minimum absolute atomic E-state index is 0.314. The minimum atomic E-state index is -2.63. The van der Waals surface area contributed by atoms with Gasteiger partial charge in [0.15, 0.2) is 0 Å². The van der Waals surface area contributed by atoms with E-state index in [-0.39, 0.29) is 6.67 Å². The Hall–Kier alpha value is 0.341. The molecule has 0 amide bonds. The van der Waals surface area contributed by atoms with Crippen LogP contribution in [-0.2, 0) is 26.6 Å². The highest BCUT2D eigenvalue weighted by Crippen LogP contribution is 2.32. The summed E-state index contributed by atoms with van der Waals surface area (Å²) >= 11 is 0. The van der Waals surface area contributed by atoms with E-state index in [0.717, 1.165) is 12.1 Å². The highest BCUT2D eigenvalue weighted by molar-refractivity contribution is 6.81. The Bertz CT molecular complexity index is 276. The van der Waals surface area contributed by atoms with Crippen molar-refractivity contribution in [2.75, 3.05) is 49.3 Å². The van der Waals surface area contributed by atoms with Gasteiger partial charge < -0.3 is 26.6 Å². The Labute approximate surface area is 143 Å². The third-order valence-electron chi connectivity index (χ3n) is 4.63. The second-order valence-corrected chi connectivity index (χ2v) is 17.1. The van der Waals surface area contributed by atoms with Gasteiger partial charge >= 0.3 is 17.6 Å². The normalized spacial score (nSPS) is 13.6. The van der Waals surface area contributed by atoms with E-state index in [2.05, 4.69) is 6.55 Å². The molecule has 0 aromatic carbocycles. The largest absolute Gasteiger partial charge is 0.499 e. The van der Waals surface area contributed by atoms with Crippen LogP contribution in [-0.4, -0.2) is 75.0 Å². The Balaban J connectivity index is 4.91. The molecule has 6 nitrogen and oxygen atoms in total. The van der Waals surface area contributed by atoms with Gasteiger partial charge in [0.1, 0.15) is 0 Å². The highest BCUT2D eigenvalue weighted by atomic mass is 28.4. The molecule has 0 bridgehead atoms. The van der Waals surface area contributed by atoms with E-state index in [1.54, 1.807) is 42.7 Å². The van der Waals surface area contributed by atoms with Crippen molar-refractivity contribution in [1.29, 1.82) is 0 Å². The van der Waals surface area contributed by atoms with Gasteiger partial charge in [-0.15, -0.1) is 0 Å². The molecular formula is C13H33FO6Si3. The smallest absolute Gasteiger partial charge is 0.377 e. The van der Waals surface area contributed by atoms with Crippen LogP contribution in [0, 0.1) is 0 Å². The summed E-state index contributed by atoms with van der Waals surface area (Å²) in [5.74, 6) is 0. The quantitative estimate of drug-likeness (QED) is 0.427. The lowest BCUT2D eigenvalue weighted by Gasteiger charge is -2.33. The monoisotopic (exact) mass is 388 g/mol. The van der Waals surface area contributed by atoms with Crippen LogP contribution >= 0.6 is 0 Å². The lowest BCUT2D eigenvalue weighted by atomic mass is 10.9. The fourth-order valence-corrected chi connectivity index (χ4v) is 13.3. The van der Waals surface area contributed by atoms with Crippen molar-refractivity contribution in [3.05, 3.63) is 0 Å². The molecule has 0 saturated carbocycles. The van der Waals surface area contributed by atoms with Gasteiger partial charge in [0.25, 0.3) is 0 Å². The van der Waals surface area contributed by atoms with E-state index < -0.39 is 25.7 Å². The summed E-state index contributed by atoms with van der Waals surface area (Å²) in [6.07, 6.45) is 0. The molecule has 0 aromatic heterocycles. The Kier molecular flexibility index (Phi) is 11.2. The van der Waals surface area contributed by atoms with Gasteiger partial charge in [-0.3, -0.25) is 4.39 Å². The van der Waals surface area contributed by atoms with E-state index in [9.17, 15) is 4.39 Å². The summed E-state index contributed by atoms with van der Waals surface area (Å²) in [5.41, 5.74) is 0. The first-order valence-corrected chi connectivity index (χ1v) is 14.7. The molecule has 0 N–H and O–H groups in total. The van der Waals surface area contributed by atoms with Crippen molar-refractivity contribution in [2.45, 2.75) is 36.8 Å². The maximum Gasteiger partial charge on any atom is 0.499 e. The molecule has 23 heavy (non-hydrogen) atoms. The molecule has 0 aliphatic carbocycles. The molecule has 10 heteroatoms. The maximum atomic E-state index is 13.1. The molecular weight excluding hydrogens is 355 g/mol. The van der Waals surface area contributed by atoms with E-state index in [1.807, 2.05) is 0 Å². The topological polar surface area (TPSA) is 55.4 Å². The molecule has 0 aliphatic heterocycles. The predicted octanol–water partition coefficient (Wildman–Crippen LogP) is 2.79. The van der Waals surface area contributed by atoms with Crippen molar-refractivity contribution in [3.8, 4) is 0 Å². The van der Waals surface area contributed by atoms with Crippen LogP contribution in [0.4, 0.5) is 4.39 Å². The highest BCUT2D eigenvalue weighted by Gasteiger charge is 2.44. The summed E-state index contributed by atoms with van der Waals surface area (Å²) in [6.45, 7) is 1.89. The lowest BCUT2D eigenvalue weighted by molar-refractivity contribution is 0.125. The van der Waals surface area contributed by atoms with Crippen LogP contribution in [0.15, 0.2) is 0 Å².